The zero-order valence-electron chi connectivity index (χ0n) is 21.5. The second-order valence-corrected chi connectivity index (χ2v) is 10.3. The fraction of sp³-hybridized carbons (Fsp3) is 0. The third-order valence-corrected chi connectivity index (χ3v) is 8.13. The molecule has 9 aromatic rings. The normalized spacial score (nSPS) is 12.0. The van der Waals surface area contributed by atoms with E-state index in [1.54, 1.807) is 0 Å². The second-order valence-electron chi connectivity index (χ2n) is 10.3. The summed E-state index contributed by atoms with van der Waals surface area (Å²) in [6, 6.07) is 45.1. The molecule has 0 spiro atoms. The molecule has 0 saturated carbocycles. The van der Waals surface area contributed by atoms with E-state index < -0.39 is 0 Å². The highest BCUT2D eigenvalue weighted by Gasteiger charge is 2.18. The summed E-state index contributed by atoms with van der Waals surface area (Å²) in [5.41, 5.74) is 8.88. The number of pyridine rings is 2. The molecule has 0 unspecified atom stereocenters. The first kappa shape index (κ1) is 21.5. The zero-order valence-corrected chi connectivity index (χ0v) is 21.5. The minimum Gasteiger partial charge on any atom is -0.294 e. The van der Waals surface area contributed by atoms with Crippen LogP contribution >= 0.6 is 0 Å². The molecule has 4 heterocycles. The molecule has 4 heteroatoms. The van der Waals surface area contributed by atoms with E-state index in [1.165, 1.54) is 27.1 Å². The Morgan fingerprint density at radius 1 is 0.450 bits per heavy atom. The Morgan fingerprint density at radius 2 is 1.12 bits per heavy atom. The van der Waals surface area contributed by atoms with Gasteiger partial charge in [-0.15, -0.1) is 0 Å². The van der Waals surface area contributed by atoms with Gasteiger partial charge in [-0.25, -0.2) is 9.97 Å². The fourth-order valence-corrected chi connectivity index (χ4v) is 6.37. The first-order valence-corrected chi connectivity index (χ1v) is 13.5. The topological polar surface area (TPSA) is 35.1 Å². The molecule has 0 bridgehead atoms. The van der Waals surface area contributed by atoms with Crippen LogP contribution in [-0.4, -0.2) is 18.9 Å². The first-order chi connectivity index (χ1) is 19.8. The molecule has 4 aromatic heterocycles. The molecule has 0 fully saturated rings. The first-order valence-electron chi connectivity index (χ1n) is 13.5. The van der Waals surface area contributed by atoms with E-state index in [9.17, 15) is 0 Å². The van der Waals surface area contributed by atoms with Crippen molar-refractivity contribution in [3.8, 4) is 16.9 Å². The average Bonchev–Trinajstić information content (AvgIpc) is 3.57. The molecule has 0 aliphatic carbocycles. The summed E-state index contributed by atoms with van der Waals surface area (Å²) in [6.45, 7) is 0. The molecule has 186 valence electrons. The van der Waals surface area contributed by atoms with Crippen LogP contribution in [0, 0.1) is 0 Å². The Morgan fingerprint density at radius 3 is 2.00 bits per heavy atom. The van der Waals surface area contributed by atoms with Crippen molar-refractivity contribution in [3.05, 3.63) is 134 Å². The van der Waals surface area contributed by atoms with Crippen LogP contribution in [0.25, 0.3) is 77.1 Å². The monoisotopic (exact) mass is 510 g/mol. The number of para-hydroxylation sites is 3. The van der Waals surface area contributed by atoms with Gasteiger partial charge in [0.25, 0.3) is 0 Å². The number of nitrogens with zero attached hydrogens (tertiary/aromatic N) is 4. The maximum Gasteiger partial charge on any atom is 0.146 e. The predicted octanol–water partition coefficient (Wildman–Crippen LogP) is 8.95. The van der Waals surface area contributed by atoms with Crippen molar-refractivity contribution >= 4 is 60.2 Å². The molecular formula is C36H22N4. The van der Waals surface area contributed by atoms with E-state index in [0.29, 0.717) is 0 Å². The van der Waals surface area contributed by atoms with Crippen LogP contribution in [0.2, 0.25) is 0 Å². The smallest absolute Gasteiger partial charge is 0.146 e. The highest BCUT2D eigenvalue weighted by molar-refractivity contribution is 6.20. The summed E-state index contributed by atoms with van der Waals surface area (Å²) < 4.78 is 4.63. The molecule has 0 atom stereocenters. The number of hydrogen-bond donors (Lipinski definition) is 0. The third kappa shape index (κ3) is 2.90. The maximum atomic E-state index is 5.07. The van der Waals surface area contributed by atoms with Crippen molar-refractivity contribution in [2.75, 3.05) is 0 Å². The van der Waals surface area contributed by atoms with Crippen LogP contribution < -0.4 is 0 Å². The molecule has 9 rings (SSSR count). The van der Waals surface area contributed by atoms with Gasteiger partial charge in [0.2, 0.25) is 0 Å². The van der Waals surface area contributed by atoms with Gasteiger partial charge in [0, 0.05) is 27.7 Å². The molecule has 0 radical (unpaired) electrons. The quantitative estimate of drug-likeness (QED) is 0.218. The maximum absolute atomic E-state index is 5.07. The van der Waals surface area contributed by atoms with Crippen molar-refractivity contribution in [1.29, 1.82) is 0 Å². The van der Waals surface area contributed by atoms with E-state index in [2.05, 4.69) is 136 Å². The van der Waals surface area contributed by atoms with Crippen LogP contribution in [0.5, 0.6) is 0 Å². The average molecular weight is 511 g/mol. The lowest BCUT2D eigenvalue weighted by Crippen LogP contribution is -1.98. The Balaban J connectivity index is 1.46. The van der Waals surface area contributed by atoms with Crippen LogP contribution in [0.1, 0.15) is 0 Å². The summed E-state index contributed by atoms with van der Waals surface area (Å²) in [6.07, 6.45) is 1.91. The summed E-state index contributed by atoms with van der Waals surface area (Å²) in [4.78, 5) is 9.96. The van der Waals surface area contributed by atoms with Crippen LogP contribution in [0.15, 0.2) is 134 Å². The SMILES string of the molecule is c1ccc(-c2ccnc(-n3c4ccccc4c4cc5c(cc43)c3ccccc3c3nc4ccccc4n53)c2)cc1. The molecular weight excluding hydrogens is 488 g/mol. The second kappa shape index (κ2) is 8.01. The van der Waals surface area contributed by atoms with E-state index in [1.807, 2.05) is 6.20 Å². The van der Waals surface area contributed by atoms with Gasteiger partial charge < -0.3 is 0 Å². The minimum atomic E-state index is 0.908. The molecule has 0 saturated heterocycles. The largest absolute Gasteiger partial charge is 0.294 e. The number of rotatable bonds is 2. The Hall–Kier alpha value is -5.48. The lowest BCUT2D eigenvalue weighted by Gasteiger charge is -2.12. The van der Waals surface area contributed by atoms with Gasteiger partial charge in [0.1, 0.15) is 11.5 Å². The highest BCUT2D eigenvalue weighted by Crippen LogP contribution is 2.39. The number of imidazole rings is 1. The minimum absolute atomic E-state index is 0.908. The number of aromatic nitrogens is 4. The number of hydrogen-bond acceptors (Lipinski definition) is 2. The Labute approximate surface area is 229 Å². The van der Waals surface area contributed by atoms with E-state index in [-0.39, 0.29) is 0 Å². The van der Waals surface area contributed by atoms with Crippen molar-refractivity contribution in [1.82, 2.24) is 18.9 Å². The molecule has 0 N–H and O–H groups in total. The Kier molecular flexibility index (Phi) is 4.30. The van der Waals surface area contributed by atoms with Crippen LogP contribution in [-0.2, 0) is 0 Å². The summed E-state index contributed by atoms with van der Waals surface area (Å²) >= 11 is 0. The van der Waals surface area contributed by atoms with E-state index in [0.717, 1.165) is 50.0 Å². The van der Waals surface area contributed by atoms with Crippen molar-refractivity contribution < 1.29 is 0 Å². The van der Waals surface area contributed by atoms with Gasteiger partial charge in [0.05, 0.1) is 27.6 Å². The van der Waals surface area contributed by atoms with Gasteiger partial charge in [-0.05, 0) is 59.0 Å². The van der Waals surface area contributed by atoms with Gasteiger partial charge in [-0.1, -0.05) is 84.9 Å². The summed E-state index contributed by atoms with van der Waals surface area (Å²) in [5, 5.41) is 5.95. The summed E-state index contributed by atoms with van der Waals surface area (Å²) in [7, 11) is 0. The molecule has 5 aromatic carbocycles. The van der Waals surface area contributed by atoms with Crippen molar-refractivity contribution in [2.24, 2.45) is 0 Å². The molecule has 0 aliphatic rings. The number of benzene rings is 5. The summed E-state index contributed by atoms with van der Waals surface area (Å²) in [5.74, 6) is 0.908. The van der Waals surface area contributed by atoms with E-state index >= 15 is 0 Å². The van der Waals surface area contributed by atoms with Crippen LogP contribution in [0.3, 0.4) is 0 Å². The van der Waals surface area contributed by atoms with Gasteiger partial charge in [-0.3, -0.25) is 8.97 Å². The van der Waals surface area contributed by atoms with Gasteiger partial charge >= 0.3 is 0 Å². The van der Waals surface area contributed by atoms with E-state index in [4.69, 9.17) is 9.97 Å². The Bertz CT molecular complexity index is 2430. The molecule has 4 nitrogen and oxygen atoms in total. The fourth-order valence-electron chi connectivity index (χ4n) is 6.37. The van der Waals surface area contributed by atoms with Gasteiger partial charge in [0.15, 0.2) is 0 Å². The van der Waals surface area contributed by atoms with Crippen molar-refractivity contribution in [2.45, 2.75) is 0 Å². The van der Waals surface area contributed by atoms with Gasteiger partial charge in [-0.2, -0.15) is 0 Å². The standard InChI is InChI=1S/C36H22N4/c1-2-10-23(11-3-1)24-18-19-37-35(20-24)39-31-16-8-6-13-26(31)29-22-34-28(21-33(29)39)25-12-4-5-14-27(25)36-38-30-15-7-9-17-32(30)40(34)36/h1-22H. The lowest BCUT2D eigenvalue weighted by molar-refractivity contribution is 1.08. The lowest BCUT2D eigenvalue weighted by atomic mass is 10.0. The predicted molar refractivity (Wildman–Crippen MR) is 165 cm³/mol. The molecule has 0 amide bonds. The molecule has 40 heavy (non-hydrogen) atoms. The number of fused-ring (bicyclic) bond motifs is 11. The highest BCUT2D eigenvalue weighted by atomic mass is 15.1. The third-order valence-electron chi connectivity index (χ3n) is 8.13. The zero-order chi connectivity index (χ0) is 26.2. The molecule has 0 aliphatic heterocycles. The van der Waals surface area contributed by atoms with Crippen LogP contribution in [0.4, 0.5) is 0 Å². The van der Waals surface area contributed by atoms with Crippen molar-refractivity contribution in [3.63, 3.8) is 0 Å².